The maximum Gasteiger partial charge on any atom is 0.0177 e. The first-order chi connectivity index (χ1) is 9.51. The highest BCUT2D eigenvalue weighted by atomic mass is 15.1. The molecule has 1 rings (SSSR count). The summed E-state index contributed by atoms with van der Waals surface area (Å²) in [6.07, 6.45) is 0. The smallest absolute Gasteiger partial charge is 0.0177 e. The van der Waals surface area contributed by atoms with Gasteiger partial charge in [-0.25, -0.2) is 0 Å². The SMILES string of the molecule is CCN(CC)CC(C)(CNCC(C)C)c1ccccc1. The van der Waals surface area contributed by atoms with Gasteiger partial charge in [-0.15, -0.1) is 0 Å². The Morgan fingerprint density at radius 1 is 1.10 bits per heavy atom. The highest BCUT2D eigenvalue weighted by Gasteiger charge is 2.28. The van der Waals surface area contributed by atoms with Crippen LogP contribution in [0.2, 0.25) is 0 Å². The molecular formula is C18H32N2. The molecule has 0 spiro atoms. The molecule has 0 aliphatic heterocycles. The summed E-state index contributed by atoms with van der Waals surface area (Å²) in [6.45, 7) is 16.9. The molecule has 0 aliphatic carbocycles. The minimum Gasteiger partial charge on any atom is -0.316 e. The maximum absolute atomic E-state index is 3.65. The van der Waals surface area contributed by atoms with Gasteiger partial charge in [-0.3, -0.25) is 0 Å². The Bertz CT molecular complexity index is 357. The molecule has 114 valence electrons. The van der Waals surface area contributed by atoms with Crippen molar-refractivity contribution >= 4 is 0 Å². The molecule has 20 heavy (non-hydrogen) atoms. The molecule has 1 atom stereocenters. The number of likely N-dealkylation sites (N-methyl/N-ethyl adjacent to an activating group) is 1. The van der Waals surface area contributed by atoms with E-state index in [0.717, 1.165) is 32.7 Å². The van der Waals surface area contributed by atoms with Crippen molar-refractivity contribution < 1.29 is 0 Å². The summed E-state index contributed by atoms with van der Waals surface area (Å²) in [5.41, 5.74) is 1.60. The van der Waals surface area contributed by atoms with Crippen molar-refractivity contribution in [3.63, 3.8) is 0 Å². The zero-order valence-electron chi connectivity index (χ0n) is 13.9. The van der Waals surface area contributed by atoms with E-state index in [0.29, 0.717) is 5.92 Å². The monoisotopic (exact) mass is 276 g/mol. The molecule has 0 saturated carbocycles. The third-order valence-corrected chi connectivity index (χ3v) is 4.01. The van der Waals surface area contributed by atoms with Gasteiger partial charge in [0.25, 0.3) is 0 Å². The molecule has 2 nitrogen and oxygen atoms in total. The zero-order chi connectivity index (χ0) is 15.0. The molecule has 0 bridgehead atoms. The largest absolute Gasteiger partial charge is 0.316 e. The molecule has 0 fully saturated rings. The van der Waals surface area contributed by atoms with Gasteiger partial charge in [0, 0.05) is 18.5 Å². The van der Waals surface area contributed by atoms with Gasteiger partial charge >= 0.3 is 0 Å². The van der Waals surface area contributed by atoms with E-state index < -0.39 is 0 Å². The van der Waals surface area contributed by atoms with E-state index in [4.69, 9.17) is 0 Å². The first kappa shape index (κ1) is 17.2. The Morgan fingerprint density at radius 2 is 1.70 bits per heavy atom. The van der Waals surface area contributed by atoms with E-state index in [9.17, 15) is 0 Å². The lowest BCUT2D eigenvalue weighted by molar-refractivity contribution is 0.228. The first-order valence-electron chi connectivity index (χ1n) is 8.00. The van der Waals surface area contributed by atoms with Crippen LogP contribution in [0.5, 0.6) is 0 Å². The number of hydrogen-bond acceptors (Lipinski definition) is 2. The van der Waals surface area contributed by atoms with Crippen molar-refractivity contribution in [3.8, 4) is 0 Å². The van der Waals surface area contributed by atoms with Crippen LogP contribution in [0.3, 0.4) is 0 Å². The second-order valence-electron chi connectivity index (χ2n) is 6.41. The van der Waals surface area contributed by atoms with Crippen molar-refractivity contribution in [2.45, 2.75) is 40.0 Å². The van der Waals surface area contributed by atoms with E-state index in [-0.39, 0.29) is 5.41 Å². The predicted molar refractivity (Wildman–Crippen MR) is 89.3 cm³/mol. The van der Waals surface area contributed by atoms with Gasteiger partial charge in [0.1, 0.15) is 0 Å². The fourth-order valence-electron chi connectivity index (χ4n) is 2.67. The Hall–Kier alpha value is -0.860. The molecule has 2 heteroatoms. The van der Waals surface area contributed by atoms with Crippen LogP contribution in [-0.2, 0) is 5.41 Å². The lowest BCUT2D eigenvalue weighted by Gasteiger charge is -2.36. The number of nitrogens with one attached hydrogen (secondary N) is 1. The van der Waals surface area contributed by atoms with Crippen molar-refractivity contribution in [2.75, 3.05) is 32.7 Å². The van der Waals surface area contributed by atoms with Gasteiger partial charge in [0.05, 0.1) is 0 Å². The van der Waals surface area contributed by atoms with Gasteiger partial charge in [-0.05, 0) is 31.1 Å². The average molecular weight is 276 g/mol. The van der Waals surface area contributed by atoms with Crippen LogP contribution in [0.15, 0.2) is 30.3 Å². The number of benzene rings is 1. The van der Waals surface area contributed by atoms with E-state index in [1.807, 2.05) is 0 Å². The predicted octanol–water partition coefficient (Wildman–Crippen LogP) is 3.53. The third-order valence-electron chi connectivity index (χ3n) is 4.01. The van der Waals surface area contributed by atoms with E-state index in [2.05, 4.69) is 75.2 Å². The summed E-state index contributed by atoms with van der Waals surface area (Å²) in [6, 6.07) is 10.9. The van der Waals surface area contributed by atoms with Crippen LogP contribution in [0, 0.1) is 5.92 Å². The lowest BCUT2D eigenvalue weighted by atomic mass is 9.81. The second kappa shape index (κ2) is 8.43. The van der Waals surface area contributed by atoms with Gasteiger partial charge in [0.2, 0.25) is 0 Å². The lowest BCUT2D eigenvalue weighted by Crippen LogP contribution is -2.46. The molecule has 0 aromatic heterocycles. The Morgan fingerprint density at radius 3 is 2.20 bits per heavy atom. The van der Waals surface area contributed by atoms with Crippen LogP contribution in [-0.4, -0.2) is 37.6 Å². The van der Waals surface area contributed by atoms with Crippen LogP contribution >= 0.6 is 0 Å². The Balaban J connectivity index is 2.82. The molecular weight excluding hydrogens is 244 g/mol. The van der Waals surface area contributed by atoms with Crippen molar-refractivity contribution in [2.24, 2.45) is 5.92 Å². The number of hydrogen-bond donors (Lipinski definition) is 1. The summed E-state index contributed by atoms with van der Waals surface area (Å²) in [5, 5.41) is 3.65. The summed E-state index contributed by atoms with van der Waals surface area (Å²) in [4.78, 5) is 2.52. The van der Waals surface area contributed by atoms with E-state index in [1.54, 1.807) is 0 Å². The average Bonchev–Trinajstić information content (AvgIpc) is 2.45. The van der Waals surface area contributed by atoms with E-state index >= 15 is 0 Å². The van der Waals surface area contributed by atoms with Gasteiger partial charge in [0.15, 0.2) is 0 Å². The quantitative estimate of drug-likeness (QED) is 0.742. The molecule has 1 aromatic rings. The molecule has 0 heterocycles. The first-order valence-corrected chi connectivity index (χ1v) is 8.00. The summed E-state index contributed by atoms with van der Waals surface area (Å²) >= 11 is 0. The number of rotatable bonds is 9. The summed E-state index contributed by atoms with van der Waals surface area (Å²) in [7, 11) is 0. The van der Waals surface area contributed by atoms with Crippen molar-refractivity contribution in [1.29, 1.82) is 0 Å². The molecule has 1 unspecified atom stereocenters. The standard InChI is InChI=1S/C18H32N2/c1-6-20(7-2)15-18(5,14-19-13-16(3)4)17-11-9-8-10-12-17/h8-12,16,19H,6-7,13-15H2,1-5H3. The Kier molecular flexibility index (Phi) is 7.25. The summed E-state index contributed by atoms with van der Waals surface area (Å²) in [5.74, 6) is 0.698. The van der Waals surface area contributed by atoms with Gasteiger partial charge < -0.3 is 10.2 Å². The third kappa shape index (κ3) is 5.26. The topological polar surface area (TPSA) is 15.3 Å². The minimum absolute atomic E-state index is 0.169. The normalized spacial score (nSPS) is 14.8. The molecule has 1 N–H and O–H groups in total. The van der Waals surface area contributed by atoms with Crippen LogP contribution in [0.1, 0.15) is 40.2 Å². The van der Waals surface area contributed by atoms with Crippen LogP contribution in [0.25, 0.3) is 0 Å². The van der Waals surface area contributed by atoms with Gasteiger partial charge in [-0.1, -0.05) is 65.0 Å². The molecule has 0 radical (unpaired) electrons. The highest BCUT2D eigenvalue weighted by molar-refractivity contribution is 5.25. The molecule has 1 aromatic carbocycles. The summed E-state index contributed by atoms with van der Waals surface area (Å²) < 4.78 is 0. The van der Waals surface area contributed by atoms with Gasteiger partial charge in [-0.2, -0.15) is 0 Å². The molecule has 0 amide bonds. The molecule has 0 saturated heterocycles. The fraction of sp³-hybridized carbons (Fsp3) is 0.667. The minimum atomic E-state index is 0.169. The zero-order valence-corrected chi connectivity index (χ0v) is 13.9. The van der Waals surface area contributed by atoms with Crippen molar-refractivity contribution in [3.05, 3.63) is 35.9 Å². The fourth-order valence-corrected chi connectivity index (χ4v) is 2.67. The van der Waals surface area contributed by atoms with E-state index in [1.165, 1.54) is 5.56 Å². The maximum atomic E-state index is 3.65. The van der Waals surface area contributed by atoms with Crippen LogP contribution < -0.4 is 5.32 Å². The molecule has 0 aliphatic rings. The number of nitrogens with zero attached hydrogens (tertiary/aromatic N) is 1. The Labute approximate surface area is 125 Å². The van der Waals surface area contributed by atoms with Crippen molar-refractivity contribution in [1.82, 2.24) is 10.2 Å². The second-order valence-corrected chi connectivity index (χ2v) is 6.41. The highest BCUT2D eigenvalue weighted by Crippen LogP contribution is 2.24. The van der Waals surface area contributed by atoms with Crippen LogP contribution in [0.4, 0.5) is 0 Å².